The summed E-state index contributed by atoms with van der Waals surface area (Å²) in [7, 11) is -3.45. The molecule has 0 bridgehead atoms. The van der Waals surface area contributed by atoms with E-state index in [1.54, 1.807) is 36.1 Å². The average molecular weight is 488 g/mol. The van der Waals surface area contributed by atoms with E-state index in [0.29, 0.717) is 43.0 Å². The summed E-state index contributed by atoms with van der Waals surface area (Å²) in [5.41, 5.74) is 1.91. The lowest BCUT2D eigenvalue weighted by Crippen LogP contribution is -2.49. The lowest BCUT2D eigenvalue weighted by molar-refractivity contribution is 0.0746. The maximum absolute atomic E-state index is 14.6. The van der Waals surface area contributed by atoms with E-state index < -0.39 is 15.7 Å². The van der Waals surface area contributed by atoms with Gasteiger partial charge < -0.3 is 14.7 Å². The first kappa shape index (κ1) is 24.2. The van der Waals surface area contributed by atoms with Crippen LogP contribution in [0.25, 0.3) is 0 Å². The zero-order chi connectivity index (χ0) is 24.5. The zero-order valence-electron chi connectivity index (χ0n) is 19.6. The molecule has 7 nitrogen and oxygen atoms in total. The summed E-state index contributed by atoms with van der Waals surface area (Å²) in [5, 5.41) is 0. The number of nitrogens with zero attached hydrogens (tertiary/aromatic N) is 3. The minimum Gasteiger partial charge on any atom is -0.371 e. The van der Waals surface area contributed by atoms with Gasteiger partial charge in [0.05, 0.1) is 21.9 Å². The van der Waals surface area contributed by atoms with Crippen LogP contribution in [0.4, 0.5) is 15.8 Å². The Labute approximate surface area is 200 Å². The Morgan fingerprint density at radius 1 is 0.882 bits per heavy atom. The van der Waals surface area contributed by atoms with E-state index in [1.165, 1.54) is 19.1 Å². The van der Waals surface area contributed by atoms with Crippen LogP contribution in [-0.4, -0.2) is 70.0 Å². The molecule has 0 aliphatic carbocycles. The number of anilines is 2. The molecule has 34 heavy (non-hydrogen) atoms. The highest BCUT2D eigenvalue weighted by molar-refractivity contribution is 7.91. The minimum atomic E-state index is -3.45. The fourth-order valence-electron chi connectivity index (χ4n) is 4.58. The molecule has 0 unspecified atom stereocenters. The Morgan fingerprint density at radius 2 is 1.50 bits per heavy atom. The summed E-state index contributed by atoms with van der Waals surface area (Å²) >= 11 is 0. The molecule has 0 saturated carbocycles. The van der Waals surface area contributed by atoms with Crippen LogP contribution < -0.4 is 9.80 Å². The molecule has 9 heteroatoms. The van der Waals surface area contributed by atoms with Gasteiger partial charge in [0.25, 0.3) is 5.91 Å². The molecule has 182 valence electrons. The smallest absolute Gasteiger partial charge is 0.256 e. The molecule has 2 heterocycles. The number of benzene rings is 2. The second kappa shape index (κ2) is 9.74. The number of piperazine rings is 1. The predicted octanol–water partition coefficient (Wildman–Crippen LogP) is 3.38. The molecule has 0 N–H and O–H groups in total. The van der Waals surface area contributed by atoms with Crippen molar-refractivity contribution in [2.75, 3.05) is 54.8 Å². The molecule has 2 aromatic rings. The maximum atomic E-state index is 14.6. The van der Waals surface area contributed by atoms with Gasteiger partial charge in [-0.05, 0) is 56.2 Å². The third-order valence-corrected chi connectivity index (χ3v) is 8.38. The Balaban J connectivity index is 1.55. The monoisotopic (exact) mass is 487 g/mol. The van der Waals surface area contributed by atoms with Crippen LogP contribution in [-0.2, 0) is 9.84 Å². The molecule has 1 amide bonds. The summed E-state index contributed by atoms with van der Waals surface area (Å²) in [5.74, 6) is -0.888. The number of sulfone groups is 1. The molecule has 2 aliphatic rings. The third-order valence-electron chi connectivity index (χ3n) is 6.65. The van der Waals surface area contributed by atoms with E-state index in [-0.39, 0.29) is 22.3 Å². The van der Waals surface area contributed by atoms with Crippen molar-refractivity contribution in [1.29, 1.82) is 0 Å². The Kier molecular flexibility index (Phi) is 6.93. The van der Waals surface area contributed by atoms with E-state index in [4.69, 9.17) is 0 Å². The maximum Gasteiger partial charge on any atom is 0.256 e. The molecule has 0 radical (unpaired) electrons. The van der Waals surface area contributed by atoms with Crippen molar-refractivity contribution >= 4 is 32.9 Å². The molecule has 2 saturated heterocycles. The van der Waals surface area contributed by atoms with Crippen LogP contribution in [0.2, 0.25) is 0 Å². The van der Waals surface area contributed by atoms with Crippen molar-refractivity contribution in [2.45, 2.75) is 31.6 Å². The number of Topliss-reactive ketones (excluding diaryl/α,β-unsaturated/α-hetero) is 1. The van der Waals surface area contributed by atoms with Gasteiger partial charge >= 0.3 is 0 Å². The predicted molar refractivity (Wildman–Crippen MR) is 130 cm³/mol. The highest BCUT2D eigenvalue weighted by Crippen LogP contribution is 2.30. The number of carbonyl (C=O) groups is 2. The standard InChI is InChI=1S/C25H30FN3O4S/c1-3-34(32,33)20-7-9-23(27-10-4-5-11-27)21(17-20)25(31)29-14-12-28(13-15-29)24-8-6-19(18(2)30)16-22(24)26/h6-9,16-17H,3-5,10-15H2,1-2H3. The largest absolute Gasteiger partial charge is 0.371 e. The van der Waals surface area contributed by atoms with Crippen molar-refractivity contribution in [3.8, 4) is 0 Å². The van der Waals surface area contributed by atoms with Crippen LogP contribution in [0.15, 0.2) is 41.3 Å². The first-order valence-corrected chi connectivity index (χ1v) is 13.3. The first-order chi connectivity index (χ1) is 16.2. The summed E-state index contributed by atoms with van der Waals surface area (Å²) < 4.78 is 39.6. The van der Waals surface area contributed by atoms with Crippen LogP contribution in [0.3, 0.4) is 0 Å². The van der Waals surface area contributed by atoms with Crippen molar-refractivity contribution in [1.82, 2.24) is 4.90 Å². The summed E-state index contributed by atoms with van der Waals surface area (Å²) in [6.07, 6.45) is 2.07. The third kappa shape index (κ3) is 4.80. The Bertz CT molecular complexity index is 1200. The number of ketones is 1. The average Bonchev–Trinajstić information content (AvgIpc) is 3.38. The molecule has 2 aliphatic heterocycles. The van der Waals surface area contributed by atoms with Crippen molar-refractivity contribution in [3.05, 3.63) is 53.3 Å². The molecule has 0 atom stereocenters. The quantitative estimate of drug-likeness (QED) is 0.582. The summed E-state index contributed by atoms with van der Waals surface area (Å²) in [6, 6.07) is 9.32. The second-order valence-electron chi connectivity index (χ2n) is 8.78. The number of hydrogen-bond donors (Lipinski definition) is 0. The highest BCUT2D eigenvalue weighted by Gasteiger charge is 2.28. The molecular formula is C25H30FN3O4S. The van der Waals surface area contributed by atoms with E-state index >= 15 is 0 Å². The normalized spacial score (nSPS) is 16.7. The first-order valence-electron chi connectivity index (χ1n) is 11.7. The van der Waals surface area contributed by atoms with Gasteiger partial charge in [0.2, 0.25) is 0 Å². The fraction of sp³-hybridized carbons (Fsp3) is 0.440. The SMILES string of the molecule is CCS(=O)(=O)c1ccc(N2CCCC2)c(C(=O)N2CCN(c3ccc(C(C)=O)cc3F)CC2)c1. The van der Waals surface area contributed by atoms with Gasteiger partial charge in [0.15, 0.2) is 15.6 Å². The van der Waals surface area contributed by atoms with Gasteiger partial charge in [0, 0.05) is 50.5 Å². The number of carbonyl (C=O) groups excluding carboxylic acids is 2. The minimum absolute atomic E-state index is 0.0314. The number of rotatable bonds is 6. The second-order valence-corrected chi connectivity index (χ2v) is 11.1. The van der Waals surface area contributed by atoms with E-state index in [1.807, 2.05) is 4.90 Å². The van der Waals surface area contributed by atoms with Crippen LogP contribution in [0.1, 0.15) is 47.4 Å². The summed E-state index contributed by atoms with van der Waals surface area (Å²) in [4.78, 5) is 30.9. The molecular weight excluding hydrogens is 457 g/mol. The van der Waals surface area contributed by atoms with Gasteiger partial charge in [-0.25, -0.2) is 12.8 Å². The molecule has 2 fully saturated rings. The topological polar surface area (TPSA) is 78.0 Å². The van der Waals surface area contributed by atoms with Crippen molar-refractivity contribution < 1.29 is 22.4 Å². The molecule has 4 rings (SSSR count). The van der Waals surface area contributed by atoms with Crippen LogP contribution in [0.5, 0.6) is 0 Å². The zero-order valence-corrected chi connectivity index (χ0v) is 20.4. The van der Waals surface area contributed by atoms with Gasteiger partial charge in [0.1, 0.15) is 5.82 Å². The molecule has 0 spiro atoms. The van der Waals surface area contributed by atoms with Gasteiger partial charge in [-0.2, -0.15) is 0 Å². The van der Waals surface area contributed by atoms with Crippen molar-refractivity contribution in [2.24, 2.45) is 0 Å². The van der Waals surface area contributed by atoms with Crippen LogP contribution in [0, 0.1) is 5.82 Å². The molecule has 0 aromatic heterocycles. The van der Waals surface area contributed by atoms with Crippen molar-refractivity contribution in [3.63, 3.8) is 0 Å². The highest BCUT2D eigenvalue weighted by atomic mass is 32.2. The van der Waals surface area contributed by atoms with E-state index in [0.717, 1.165) is 31.6 Å². The fourth-order valence-corrected chi connectivity index (χ4v) is 5.49. The number of amides is 1. The van der Waals surface area contributed by atoms with Gasteiger partial charge in [-0.15, -0.1) is 0 Å². The summed E-state index contributed by atoms with van der Waals surface area (Å²) in [6.45, 7) is 6.31. The van der Waals surface area contributed by atoms with Gasteiger partial charge in [-0.3, -0.25) is 9.59 Å². The number of hydrogen-bond acceptors (Lipinski definition) is 6. The van der Waals surface area contributed by atoms with Crippen LogP contribution >= 0.6 is 0 Å². The Hall–Kier alpha value is -2.94. The van der Waals surface area contributed by atoms with Gasteiger partial charge in [-0.1, -0.05) is 6.92 Å². The lowest BCUT2D eigenvalue weighted by atomic mass is 10.1. The number of halogens is 1. The Morgan fingerprint density at radius 3 is 2.09 bits per heavy atom. The lowest BCUT2D eigenvalue weighted by Gasteiger charge is -2.37. The van der Waals surface area contributed by atoms with E-state index in [2.05, 4.69) is 4.90 Å². The van der Waals surface area contributed by atoms with E-state index in [9.17, 15) is 22.4 Å². The molecule has 2 aromatic carbocycles.